The number of aliphatic hydroxyl groups is 1. The molecule has 0 spiro atoms. The Morgan fingerprint density at radius 2 is 2.28 bits per heavy atom. The van der Waals surface area contributed by atoms with Crippen molar-refractivity contribution in [3.05, 3.63) is 29.6 Å². The summed E-state index contributed by atoms with van der Waals surface area (Å²) in [5.74, 6) is -1.69. The van der Waals surface area contributed by atoms with E-state index >= 15 is 0 Å². The standard InChI is InChI=1S/C12H16FNO4/c1-18-5-4-8(7-15)14-12(17)10-3-2-9(16)6-11(10)13/h2-3,6,8,15-16H,4-5,7H2,1H3,(H,14,17). The Kier molecular flexibility index (Phi) is 5.54. The molecule has 0 aliphatic carbocycles. The van der Waals surface area contributed by atoms with E-state index in [1.54, 1.807) is 0 Å². The topological polar surface area (TPSA) is 78.8 Å². The summed E-state index contributed by atoms with van der Waals surface area (Å²) in [5, 5.41) is 20.6. The minimum absolute atomic E-state index is 0.177. The number of nitrogens with one attached hydrogen (secondary N) is 1. The summed E-state index contributed by atoms with van der Waals surface area (Å²) in [7, 11) is 1.51. The van der Waals surface area contributed by atoms with Crippen LogP contribution in [-0.4, -0.2) is 42.5 Å². The van der Waals surface area contributed by atoms with Gasteiger partial charge >= 0.3 is 0 Å². The van der Waals surface area contributed by atoms with E-state index in [-0.39, 0.29) is 17.9 Å². The second-order valence-electron chi connectivity index (χ2n) is 3.80. The number of benzene rings is 1. The van der Waals surface area contributed by atoms with Crippen LogP contribution in [0.4, 0.5) is 4.39 Å². The molecule has 0 saturated carbocycles. The molecule has 3 N–H and O–H groups in total. The predicted octanol–water partition coefficient (Wildman–Crippen LogP) is 0.658. The third-order valence-corrected chi connectivity index (χ3v) is 2.42. The third kappa shape index (κ3) is 3.97. The van der Waals surface area contributed by atoms with Gasteiger partial charge in [0.15, 0.2) is 0 Å². The van der Waals surface area contributed by atoms with Crippen LogP contribution in [0.2, 0.25) is 0 Å². The SMILES string of the molecule is COCCC(CO)NC(=O)c1ccc(O)cc1F. The van der Waals surface area contributed by atoms with Crippen molar-refractivity contribution >= 4 is 5.91 Å². The molecule has 1 aromatic rings. The average molecular weight is 257 g/mol. The largest absolute Gasteiger partial charge is 0.508 e. The molecule has 18 heavy (non-hydrogen) atoms. The number of aromatic hydroxyl groups is 1. The number of halogens is 1. The van der Waals surface area contributed by atoms with Gasteiger partial charge in [-0.3, -0.25) is 4.79 Å². The van der Waals surface area contributed by atoms with Crippen molar-refractivity contribution in [3.8, 4) is 5.75 Å². The molecule has 5 nitrogen and oxygen atoms in total. The zero-order valence-corrected chi connectivity index (χ0v) is 10.0. The summed E-state index contributed by atoms with van der Waals surface area (Å²) in [5.41, 5.74) is -0.177. The normalized spacial score (nSPS) is 12.2. The second kappa shape index (κ2) is 6.93. The van der Waals surface area contributed by atoms with Crippen LogP contribution in [0, 0.1) is 5.82 Å². The lowest BCUT2D eigenvalue weighted by Gasteiger charge is -2.16. The first kappa shape index (κ1) is 14.4. The van der Waals surface area contributed by atoms with Gasteiger partial charge in [0.25, 0.3) is 5.91 Å². The Bertz CT molecular complexity index is 411. The fourth-order valence-electron chi connectivity index (χ4n) is 1.42. The van der Waals surface area contributed by atoms with E-state index in [1.807, 2.05) is 0 Å². The van der Waals surface area contributed by atoms with Crippen LogP contribution in [0.3, 0.4) is 0 Å². The van der Waals surface area contributed by atoms with Crippen molar-refractivity contribution in [2.75, 3.05) is 20.3 Å². The molecule has 0 aliphatic heterocycles. The van der Waals surface area contributed by atoms with Crippen LogP contribution in [0.1, 0.15) is 16.8 Å². The van der Waals surface area contributed by atoms with Crippen molar-refractivity contribution in [2.24, 2.45) is 0 Å². The van der Waals surface area contributed by atoms with Gasteiger partial charge in [-0.1, -0.05) is 0 Å². The summed E-state index contributed by atoms with van der Waals surface area (Å²) >= 11 is 0. The van der Waals surface area contributed by atoms with Gasteiger partial charge in [0.2, 0.25) is 0 Å². The van der Waals surface area contributed by atoms with E-state index < -0.39 is 17.8 Å². The maximum atomic E-state index is 13.4. The molecule has 1 unspecified atom stereocenters. The maximum absolute atomic E-state index is 13.4. The van der Waals surface area contributed by atoms with Gasteiger partial charge in [0.05, 0.1) is 18.2 Å². The molecule has 0 radical (unpaired) electrons. The lowest BCUT2D eigenvalue weighted by Crippen LogP contribution is -2.38. The van der Waals surface area contributed by atoms with Crippen LogP contribution >= 0.6 is 0 Å². The highest BCUT2D eigenvalue weighted by molar-refractivity contribution is 5.94. The number of rotatable bonds is 6. The highest BCUT2D eigenvalue weighted by Gasteiger charge is 2.16. The molecule has 100 valence electrons. The van der Waals surface area contributed by atoms with E-state index in [9.17, 15) is 9.18 Å². The summed E-state index contributed by atoms with van der Waals surface area (Å²) < 4.78 is 18.2. The summed E-state index contributed by atoms with van der Waals surface area (Å²) in [6, 6.07) is 2.77. The molecular weight excluding hydrogens is 241 g/mol. The van der Waals surface area contributed by atoms with Gasteiger partial charge in [-0.15, -0.1) is 0 Å². The van der Waals surface area contributed by atoms with Crippen molar-refractivity contribution in [3.63, 3.8) is 0 Å². The number of hydrogen-bond donors (Lipinski definition) is 3. The van der Waals surface area contributed by atoms with Gasteiger partial charge in [-0.25, -0.2) is 4.39 Å². The van der Waals surface area contributed by atoms with Gasteiger partial charge in [-0.2, -0.15) is 0 Å². The van der Waals surface area contributed by atoms with Gasteiger partial charge in [0, 0.05) is 19.8 Å². The van der Waals surface area contributed by atoms with E-state index in [0.717, 1.165) is 6.07 Å². The lowest BCUT2D eigenvalue weighted by molar-refractivity contribution is 0.0891. The Morgan fingerprint density at radius 1 is 1.56 bits per heavy atom. The zero-order valence-electron chi connectivity index (χ0n) is 10.0. The fraction of sp³-hybridized carbons (Fsp3) is 0.417. The van der Waals surface area contributed by atoms with E-state index in [4.69, 9.17) is 14.9 Å². The lowest BCUT2D eigenvalue weighted by atomic mass is 10.1. The summed E-state index contributed by atoms with van der Waals surface area (Å²) in [6.45, 7) is 0.123. The van der Waals surface area contributed by atoms with Crippen LogP contribution in [-0.2, 0) is 4.74 Å². The molecule has 0 fully saturated rings. The molecule has 6 heteroatoms. The van der Waals surface area contributed by atoms with Gasteiger partial charge in [0.1, 0.15) is 11.6 Å². The van der Waals surface area contributed by atoms with E-state index in [2.05, 4.69) is 5.32 Å². The number of phenolic OH excluding ortho intramolecular Hbond substituents is 1. The fourth-order valence-corrected chi connectivity index (χ4v) is 1.42. The highest BCUT2D eigenvalue weighted by Crippen LogP contribution is 2.15. The number of carbonyl (C=O) groups is 1. The quantitative estimate of drug-likeness (QED) is 0.699. The number of phenols is 1. The predicted molar refractivity (Wildman–Crippen MR) is 62.9 cm³/mol. The Balaban J connectivity index is 2.68. The van der Waals surface area contributed by atoms with Crippen LogP contribution in [0.25, 0.3) is 0 Å². The molecule has 0 bridgehead atoms. The smallest absolute Gasteiger partial charge is 0.254 e. The Hall–Kier alpha value is -1.66. The van der Waals surface area contributed by atoms with E-state index in [0.29, 0.717) is 13.0 Å². The highest BCUT2D eigenvalue weighted by atomic mass is 19.1. The van der Waals surface area contributed by atoms with Gasteiger partial charge in [-0.05, 0) is 18.6 Å². The average Bonchev–Trinajstić information content (AvgIpc) is 2.34. The van der Waals surface area contributed by atoms with E-state index in [1.165, 1.54) is 19.2 Å². The minimum Gasteiger partial charge on any atom is -0.508 e. The molecule has 1 rings (SSSR count). The third-order valence-electron chi connectivity index (χ3n) is 2.42. The molecule has 1 atom stereocenters. The van der Waals surface area contributed by atoms with Crippen molar-refractivity contribution in [2.45, 2.75) is 12.5 Å². The minimum atomic E-state index is -0.809. The molecular formula is C12H16FNO4. The molecule has 0 heterocycles. The summed E-state index contributed by atoms with van der Waals surface area (Å²) in [6.07, 6.45) is 0.429. The monoisotopic (exact) mass is 257 g/mol. The van der Waals surface area contributed by atoms with Crippen molar-refractivity contribution < 1.29 is 24.1 Å². The molecule has 1 amide bonds. The van der Waals surface area contributed by atoms with Crippen LogP contribution < -0.4 is 5.32 Å². The number of methoxy groups -OCH3 is 1. The second-order valence-corrected chi connectivity index (χ2v) is 3.80. The molecule has 0 saturated heterocycles. The van der Waals surface area contributed by atoms with Crippen LogP contribution in [0.5, 0.6) is 5.75 Å². The Labute approximate surface area is 104 Å². The van der Waals surface area contributed by atoms with Crippen molar-refractivity contribution in [1.82, 2.24) is 5.32 Å². The first-order chi connectivity index (χ1) is 8.58. The molecule has 1 aromatic carbocycles. The summed E-state index contributed by atoms with van der Waals surface area (Å²) in [4.78, 5) is 11.7. The van der Waals surface area contributed by atoms with Crippen LogP contribution in [0.15, 0.2) is 18.2 Å². The number of aliphatic hydroxyl groups excluding tert-OH is 1. The molecule has 0 aromatic heterocycles. The maximum Gasteiger partial charge on any atom is 0.254 e. The first-order valence-electron chi connectivity index (χ1n) is 5.47. The Morgan fingerprint density at radius 3 is 2.83 bits per heavy atom. The number of hydrogen-bond acceptors (Lipinski definition) is 4. The molecule has 0 aliphatic rings. The number of ether oxygens (including phenoxy) is 1. The zero-order chi connectivity index (χ0) is 13.5. The first-order valence-corrected chi connectivity index (χ1v) is 5.47. The number of amides is 1. The number of carbonyl (C=O) groups excluding carboxylic acids is 1. The van der Waals surface area contributed by atoms with Gasteiger partial charge < -0.3 is 20.3 Å². The van der Waals surface area contributed by atoms with Crippen molar-refractivity contribution in [1.29, 1.82) is 0 Å².